The van der Waals surface area contributed by atoms with Crippen molar-refractivity contribution in [2.75, 3.05) is 13.1 Å². The molecule has 7 heteroatoms. The van der Waals surface area contributed by atoms with Crippen molar-refractivity contribution < 1.29 is 19.1 Å². The molecule has 4 atom stereocenters. The van der Waals surface area contributed by atoms with Gasteiger partial charge in [-0.15, -0.1) is 0 Å². The molecule has 2 saturated carbocycles. The molecule has 34 heavy (non-hydrogen) atoms. The van der Waals surface area contributed by atoms with E-state index in [0.717, 1.165) is 63.8 Å². The summed E-state index contributed by atoms with van der Waals surface area (Å²) in [4.78, 5) is 26.5. The smallest absolute Gasteiger partial charge is 0.220 e. The third-order valence-electron chi connectivity index (χ3n) is 9.07. The van der Waals surface area contributed by atoms with Gasteiger partial charge in [-0.2, -0.15) is 0 Å². The van der Waals surface area contributed by atoms with E-state index in [1.807, 2.05) is 24.0 Å². The number of carbonyl (C=O) groups excluding carboxylic acids is 2. The van der Waals surface area contributed by atoms with Crippen molar-refractivity contribution in [3.8, 4) is 0 Å². The number of fused-ring (bicyclic) bond motifs is 1. The van der Waals surface area contributed by atoms with Gasteiger partial charge in [-0.1, -0.05) is 13.8 Å². The van der Waals surface area contributed by atoms with Gasteiger partial charge in [-0.05, 0) is 80.8 Å². The molecule has 3 N–H and O–H groups in total. The molecule has 7 nitrogen and oxygen atoms in total. The molecule has 3 aliphatic rings. The molecule has 0 bridgehead atoms. The average molecular weight is 474 g/mol. The lowest BCUT2D eigenvalue weighted by Gasteiger charge is -2.51. The molecular weight excluding hydrogens is 430 g/mol. The normalized spacial score (nSPS) is 33.5. The van der Waals surface area contributed by atoms with Crippen molar-refractivity contribution in [1.29, 1.82) is 0 Å². The van der Waals surface area contributed by atoms with Crippen molar-refractivity contribution in [3.63, 3.8) is 0 Å². The molecule has 2 heterocycles. The molecule has 4 rings (SSSR count). The maximum absolute atomic E-state index is 12.8. The zero-order chi connectivity index (χ0) is 24.6. The van der Waals surface area contributed by atoms with Gasteiger partial charge < -0.3 is 25.1 Å². The van der Waals surface area contributed by atoms with Crippen LogP contribution < -0.4 is 10.6 Å². The van der Waals surface area contributed by atoms with Crippen molar-refractivity contribution in [1.82, 2.24) is 15.5 Å². The van der Waals surface area contributed by atoms with Crippen LogP contribution >= 0.6 is 0 Å². The molecule has 0 aromatic carbocycles. The standard InChI is InChI=1S/C27H43N3O4/c1-19(31)30-13-8-20(9-14-30)29-23-17-25(2,3)22-16-26(4,33)11-12-27(22,23)10-7-24(32)28-18-21-6-5-15-34-21/h5-6,15,20,22-23,29,33H,7-14,16-18H2,1-4H3,(H,28,32). The van der Waals surface area contributed by atoms with Crippen LogP contribution in [-0.4, -0.2) is 52.6 Å². The third-order valence-corrected chi connectivity index (χ3v) is 9.07. The first kappa shape index (κ1) is 25.2. The number of furan rings is 1. The Labute approximate surface area is 204 Å². The summed E-state index contributed by atoms with van der Waals surface area (Å²) >= 11 is 0. The van der Waals surface area contributed by atoms with Gasteiger partial charge in [0.15, 0.2) is 0 Å². The second-order valence-electron chi connectivity index (χ2n) is 12.0. The van der Waals surface area contributed by atoms with E-state index >= 15 is 0 Å². The molecule has 1 aliphatic heterocycles. The lowest BCUT2D eigenvalue weighted by molar-refractivity contribution is -0.130. The monoisotopic (exact) mass is 473 g/mol. The quantitative estimate of drug-likeness (QED) is 0.562. The maximum Gasteiger partial charge on any atom is 0.220 e. The largest absolute Gasteiger partial charge is 0.467 e. The Morgan fingerprint density at radius 2 is 1.91 bits per heavy atom. The van der Waals surface area contributed by atoms with E-state index in [2.05, 4.69) is 24.5 Å². The molecule has 2 aliphatic carbocycles. The first-order valence-electron chi connectivity index (χ1n) is 13.0. The van der Waals surface area contributed by atoms with Crippen LogP contribution in [0.3, 0.4) is 0 Å². The molecule has 1 aromatic rings. The first-order valence-corrected chi connectivity index (χ1v) is 13.0. The number of rotatable bonds is 7. The summed E-state index contributed by atoms with van der Waals surface area (Å²) in [6.45, 7) is 10.3. The van der Waals surface area contributed by atoms with Crippen molar-refractivity contribution in [2.24, 2.45) is 16.7 Å². The van der Waals surface area contributed by atoms with Crippen molar-refractivity contribution in [3.05, 3.63) is 24.2 Å². The summed E-state index contributed by atoms with van der Waals surface area (Å²) in [7, 11) is 0. The average Bonchev–Trinajstić information content (AvgIpc) is 3.36. The van der Waals surface area contributed by atoms with E-state index in [9.17, 15) is 14.7 Å². The molecule has 3 fully saturated rings. The maximum atomic E-state index is 12.8. The first-order chi connectivity index (χ1) is 16.0. The minimum atomic E-state index is -0.644. The highest BCUT2D eigenvalue weighted by Crippen LogP contribution is 2.64. The number of likely N-dealkylation sites (tertiary alicyclic amines) is 1. The Morgan fingerprint density at radius 1 is 1.18 bits per heavy atom. The van der Waals surface area contributed by atoms with Crippen molar-refractivity contribution >= 4 is 11.8 Å². The van der Waals surface area contributed by atoms with Gasteiger partial charge in [0.2, 0.25) is 11.8 Å². The molecule has 1 saturated heterocycles. The van der Waals surface area contributed by atoms with Gasteiger partial charge >= 0.3 is 0 Å². The summed E-state index contributed by atoms with van der Waals surface area (Å²) in [6, 6.07) is 4.41. The van der Waals surface area contributed by atoms with Gasteiger partial charge in [0, 0.05) is 38.5 Å². The van der Waals surface area contributed by atoms with E-state index in [0.29, 0.717) is 31.0 Å². The minimum Gasteiger partial charge on any atom is -0.467 e. The van der Waals surface area contributed by atoms with Gasteiger partial charge in [0.05, 0.1) is 18.4 Å². The minimum absolute atomic E-state index is 0.00846. The Hall–Kier alpha value is -1.86. The van der Waals surface area contributed by atoms with Crippen LogP contribution in [0.2, 0.25) is 0 Å². The second kappa shape index (κ2) is 9.65. The van der Waals surface area contributed by atoms with Crippen molar-refractivity contribution in [2.45, 2.75) is 103 Å². The number of nitrogens with one attached hydrogen (secondary N) is 2. The molecule has 190 valence electrons. The van der Waals surface area contributed by atoms with Crippen LogP contribution in [-0.2, 0) is 16.1 Å². The summed E-state index contributed by atoms with van der Waals surface area (Å²) in [6.07, 6.45) is 8.41. The van der Waals surface area contributed by atoms with E-state index < -0.39 is 5.60 Å². The van der Waals surface area contributed by atoms with Crippen LogP contribution in [0, 0.1) is 16.7 Å². The lowest BCUT2D eigenvalue weighted by Crippen LogP contribution is -2.55. The van der Waals surface area contributed by atoms with E-state index in [1.165, 1.54) is 0 Å². The van der Waals surface area contributed by atoms with E-state index in [4.69, 9.17) is 4.42 Å². The molecule has 4 unspecified atom stereocenters. The second-order valence-corrected chi connectivity index (χ2v) is 12.0. The number of nitrogens with zero attached hydrogens (tertiary/aromatic N) is 1. The number of hydrogen-bond donors (Lipinski definition) is 3. The molecule has 0 radical (unpaired) electrons. The Morgan fingerprint density at radius 3 is 2.56 bits per heavy atom. The van der Waals surface area contributed by atoms with E-state index in [1.54, 1.807) is 13.2 Å². The number of hydrogen-bond acceptors (Lipinski definition) is 5. The van der Waals surface area contributed by atoms with Crippen LogP contribution in [0.1, 0.15) is 84.8 Å². The fourth-order valence-electron chi connectivity index (χ4n) is 7.14. The van der Waals surface area contributed by atoms with Crippen LogP contribution in [0.5, 0.6) is 0 Å². The fourth-order valence-corrected chi connectivity index (χ4v) is 7.14. The third kappa shape index (κ3) is 5.35. The molecule has 0 spiro atoms. The lowest BCUT2D eigenvalue weighted by atomic mass is 9.57. The zero-order valence-electron chi connectivity index (χ0n) is 21.4. The van der Waals surface area contributed by atoms with Gasteiger partial charge in [0.25, 0.3) is 0 Å². The summed E-state index contributed by atoms with van der Waals surface area (Å²) in [5.74, 6) is 1.33. The number of aliphatic hydroxyl groups is 1. The fraction of sp³-hybridized carbons (Fsp3) is 0.778. The summed E-state index contributed by atoms with van der Waals surface area (Å²) in [5.41, 5.74) is -0.563. The number of piperidine rings is 1. The molecule has 1 aromatic heterocycles. The van der Waals surface area contributed by atoms with Crippen LogP contribution in [0.4, 0.5) is 0 Å². The van der Waals surface area contributed by atoms with E-state index in [-0.39, 0.29) is 22.6 Å². The highest BCUT2D eigenvalue weighted by atomic mass is 16.3. The molecular formula is C27H43N3O4. The summed E-state index contributed by atoms with van der Waals surface area (Å²) < 4.78 is 5.34. The number of amides is 2. The van der Waals surface area contributed by atoms with Gasteiger partial charge in [-0.25, -0.2) is 0 Å². The highest BCUT2D eigenvalue weighted by Gasteiger charge is 2.61. The van der Waals surface area contributed by atoms with Crippen LogP contribution in [0.15, 0.2) is 22.8 Å². The summed E-state index contributed by atoms with van der Waals surface area (Å²) in [5, 5.41) is 18.0. The molecule has 2 amide bonds. The predicted octanol–water partition coefficient (Wildman–Crippen LogP) is 3.61. The Kier molecular flexibility index (Phi) is 7.16. The SMILES string of the molecule is CC(=O)N1CCC(NC2CC(C)(C)C3CC(C)(O)CCC23CCC(=O)NCc2ccco2)CC1. The van der Waals surface area contributed by atoms with Crippen LogP contribution in [0.25, 0.3) is 0 Å². The highest BCUT2D eigenvalue weighted by molar-refractivity contribution is 5.75. The topological polar surface area (TPSA) is 94.8 Å². The van der Waals surface area contributed by atoms with Gasteiger partial charge in [0.1, 0.15) is 5.76 Å². The Balaban J connectivity index is 1.46. The zero-order valence-corrected chi connectivity index (χ0v) is 21.4. The number of carbonyl (C=O) groups is 2. The Bertz CT molecular complexity index is 857. The van der Waals surface area contributed by atoms with Gasteiger partial charge in [-0.3, -0.25) is 9.59 Å². The predicted molar refractivity (Wildman–Crippen MR) is 131 cm³/mol.